The molecule has 0 saturated carbocycles. The van der Waals surface area contributed by atoms with Gasteiger partial charge in [-0.15, -0.1) is 0 Å². The molecule has 13 atom stereocenters. The number of aromatic nitrogens is 2. The summed E-state index contributed by atoms with van der Waals surface area (Å²) in [5.41, 5.74) is 3.18. The van der Waals surface area contributed by atoms with Crippen LogP contribution in [-0.2, 0) is 101 Å². The number of H-pyrrole nitrogens is 2. The second-order valence-corrected chi connectivity index (χ2v) is 33.2. The van der Waals surface area contributed by atoms with Crippen LogP contribution < -0.4 is 69.1 Å². The van der Waals surface area contributed by atoms with Crippen LogP contribution in [0.2, 0.25) is 0 Å². The van der Waals surface area contributed by atoms with Gasteiger partial charge in [-0.25, -0.2) is 4.79 Å². The normalized spacial score (nSPS) is 22.5. The lowest BCUT2D eigenvalue weighted by Crippen LogP contribution is -2.61. The number of rotatable bonds is 23. The number of carbonyl (C=O) groups is 16. The van der Waals surface area contributed by atoms with Gasteiger partial charge >= 0.3 is 17.9 Å². The Bertz CT molecular complexity index is 4330. The molecule has 626 valence electrons. The number of carbonyl (C=O) groups excluding carboxylic acids is 13. The number of hydrogen-bond acceptors (Lipinski definition) is 19. The molecule has 0 aliphatic carbocycles. The van der Waals surface area contributed by atoms with Crippen molar-refractivity contribution in [3.8, 4) is 0 Å². The minimum absolute atomic E-state index is 0.0486. The smallest absolute Gasteiger partial charge is 0.328 e. The molecule has 0 unspecified atom stereocenters. The van der Waals surface area contributed by atoms with E-state index >= 15 is 14.4 Å². The molecule has 2 aromatic heterocycles. The third kappa shape index (κ3) is 29.1. The maximum atomic E-state index is 15.3. The molecule has 0 bridgehead atoms. The van der Waals surface area contributed by atoms with Crippen molar-refractivity contribution < 1.29 is 97.1 Å². The molecule has 115 heavy (non-hydrogen) atoms. The van der Waals surface area contributed by atoms with E-state index in [2.05, 4.69) is 79.1 Å². The Balaban J connectivity index is 1.49. The summed E-state index contributed by atoms with van der Waals surface area (Å²) in [6.45, 7) is 18.4. The van der Waals surface area contributed by atoms with Crippen LogP contribution in [0.5, 0.6) is 0 Å². The van der Waals surface area contributed by atoms with Gasteiger partial charge in [-0.1, -0.05) is 145 Å². The molecule has 6 rings (SSSR count). The Morgan fingerprint density at radius 3 is 1.57 bits per heavy atom. The summed E-state index contributed by atoms with van der Waals surface area (Å²) in [7, 11) is 1.50. The van der Waals surface area contributed by atoms with Crippen LogP contribution in [-0.4, -0.2) is 222 Å². The van der Waals surface area contributed by atoms with Crippen molar-refractivity contribution in [3.63, 3.8) is 0 Å². The molecule has 1 aliphatic rings. The highest BCUT2D eigenvalue weighted by molar-refractivity contribution is 8.76. The highest BCUT2D eigenvalue weighted by atomic mass is 33.1. The summed E-state index contributed by atoms with van der Waals surface area (Å²) in [6.07, 6.45) is -1.71. The van der Waals surface area contributed by atoms with Gasteiger partial charge in [-0.2, -0.15) is 0 Å². The van der Waals surface area contributed by atoms with E-state index in [1.165, 1.54) is 6.92 Å². The minimum Gasteiger partial charge on any atom is -0.481 e. The van der Waals surface area contributed by atoms with Crippen molar-refractivity contribution in [2.24, 2.45) is 17.8 Å². The molecule has 3 heterocycles. The van der Waals surface area contributed by atoms with Gasteiger partial charge in [0.2, 0.25) is 76.8 Å². The Hall–Kier alpha value is -11.1. The number of aromatic amines is 2. The van der Waals surface area contributed by atoms with E-state index < -0.39 is 222 Å². The number of aliphatic hydroxyl groups excluding tert-OH is 1. The molecule has 35 nitrogen and oxygen atoms in total. The SMILES string of the molecule is CC(=O)N[C@@H](CC(=O)O)C(=O)N[C@H]1CSSC[C@@H](C(=O)N[C@H](C(=O)O)[C@@H](C)O)NC(=O)[C@H](Cc2c[nH]c3ccccc23)NC(=O)[C@H](C(C)C)NC(=O)[C@H](CC(C)C)NC(=O)[C@H](CCC(=O)O)NC(=O)CNC(=O)[C@H](CC(C)C)NC(=O)[C@H](Cc2cccc(C(C)(C)C)c2)NC(=O)[C@H](Cc2c[nH]c3ccccc23)NC(=O)[C@H](C)NC1=O. The van der Waals surface area contributed by atoms with Crippen LogP contribution in [0.3, 0.4) is 0 Å². The van der Waals surface area contributed by atoms with Crippen LogP contribution in [0.1, 0.15) is 137 Å². The summed E-state index contributed by atoms with van der Waals surface area (Å²) in [5, 5.41) is 74.5. The lowest BCUT2D eigenvalue weighted by molar-refractivity contribution is -0.145. The van der Waals surface area contributed by atoms with Crippen LogP contribution in [0, 0.1) is 17.8 Å². The van der Waals surface area contributed by atoms with E-state index in [-0.39, 0.29) is 43.9 Å². The number of carboxylic acids is 3. The average Bonchev–Trinajstić information content (AvgIpc) is 1.73. The molecule has 1 fully saturated rings. The number of aliphatic carboxylic acids is 3. The second-order valence-electron chi connectivity index (χ2n) is 30.7. The Morgan fingerprint density at radius 2 is 1.04 bits per heavy atom. The van der Waals surface area contributed by atoms with E-state index in [4.69, 9.17) is 0 Å². The standard InChI is InChI=1S/C78H107N15O20S2/c1-38(2)26-53-67(102)81-35-61(96)84-52(24-25-62(97)98)68(103)87-54(27-39(3)4)73(108)92-64(40(5)6)76(111)89-57(31-46-34-80-51-23-16-14-21-49(46)51)71(106)91-60(75(110)93-65(42(8)94)77(112)113)37-115-114-36-59(90-72(107)58(32-63(99)100)83-43(9)95)74(109)82-41(7)66(101)85-56(30-45-33-79-50-22-15-13-20-48(45)50)70(105)88-55(69(104)86-53)29-44-18-17-19-47(28-44)78(10,11)12/h13-23,28,33-34,38-42,52-60,64-65,79-80,94H,24-27,29-32,35-37H2,1-12H3,(H,81,102)(H,82,109)(H,83,95)(H,84,96)(H,85,101)(H,86,104)(H,87,103)(H,88,105)(H,89,111)(H,90,107)(H,91,106)(H,92,108)(H,93,110)(H,97,98)(H,99,100)(H,112,113)/t41-,42+,52-,53-,54-,55-,56-,57-,58-,59-,60-,64-,65-/m0/s1. The lowest BCUT2D eigenvalue weighted by atomic mass is 9.85. The maximum Gasteiger partial charge on any atom is 0.328 e. The summed E-state index contributed by atoms with van der Waals surface area (Å²) >= 11 is 0. The molecule has 19 N–H and O–H groups in total. The van der Waals surface area contributed by atoms with Crippen molar-refractivity contribution in [2.75, 3.05) is 18.1 Å². The zero-order valence-electron chi connectivity index (χ0n) is 66.2. The van der Waals surface area contributed by atoms with Gasteiger partial charge < -0.3 is 99.5 Å². The zero-order valence-corrected chi connectivity index (χ0v) is 67.9. The number of carboxylic acid groups (broad SMARTS) is 3. The topological polar surface area (TPSA) is 542 Å². The number of nitrogens with one attached hydrogen (secondary N) is 15. The monoisotopic (exact) mass is 1640 g/mol. The molecular weight excluding hydrogens is 1530 g/mol. The van der Waals surface area contributed by atoms with Gasteiger partial charge in [0.05, 0.1) is 19.1 Å². The average molecular weight is 1640 g/mol. The molecule has 13 amide bonds. The first kappa shape index (κ1) is 92.8. The van der Waals surface area contributed by atoms with Crippen molar-refractivity contribution in [1.82, 2.24) is 79.1 Å². The van der Waals surface area contributed by atoms with E-state index in [1.807, 2.05) is 32.9 Å². The van der Waals surface area contributed by atoms with Gasteiger partial charge in [0, 0.05) is 78.3 Å². The van der Waals surface area contributed by atoms with Gasteiger partial charge in [-0.05, 0) is 90.7 Å². The quantitative estimate of drug-likeness (QED) is 0.0404. The fourth-order valence-corrected chi connectivity index (χ4v) is 14.8. The molecule has 0 spiro atoms. The number of fused-ring (bicyclic) bond motifs is 2. The first-order chi connectivity index (χ1) is 54.1. The highest BCUT2D eigenvalue weighted by Gasteiger charge is 2.39. The van der Waals surface area contributed by atoms with Gasteiger partial charge in [0.1, 0.15) is 66.5 Å². The van der Waals surface area contributed by atoms with Crippen LogP contribution in [0.15, 0.2) is 85.2 Å². The van der Waals surface area contributed by atoms with Gasteiger partial charge in [-0.3, -0.25) is 71.9 Å². The van der Waals surface area contributed by atoms with Crippen molar-refractivity contribution >= 4 is 138 Å². The van der Waals surface area contributed by atoms with E-state index in [0.717, 1.165) is 41.0 Å². The van der Waals surface area contributed by atoms with Crippen LogP contribution >= 0.6 is 21.6 Å². The molecule has 5 aromatic rings. The third-order valence-corrected chi connectivity index (χ3v) is 21.1. The van der Waals surface area contributed by atoms with E-state index in [0.29, 0.717) is 38.5 Å². The Labute approximate surface area is 672 Å². The first-order valence-electron chi connectivity index (χ1n) is 37.7. The number of amides is 13. The van der Waals surface area contributed by atoms with Crippen molar-refractivity contribution in [1.29, 1.82) is 0 Å². The molecule has 1 aliphatic heterocycles. The van der Waals surface area contributed by atoms with Gasteiger partial charge in [0.15, 0.2) is 6.04 Å². The molecular formula is C78H107N15O20S2. The van der Waals surface area contributed by atoms with E-state index in [1.54, 1.807) is 115 Å². The summed E-state index contributed by atoms with van der Waals surface area (Å²) in [5.74, 6) is -20.3. The summed E-state index contributed by atoms with van der Waals surface area (Å²) < 4.78 is 0. The number of para-hydroxylation sites is 2. The van der Waals surface area contributed by atoms with Gasteiger partial charge in [0.25, 0.3) is 0 Å². The van der Waals surface area contributed by atoms with E-state index in [9.17, 15) is 82.8 Å². The molecule has 37 heteroatoms. The number of aliphatic hydroxyl groups is 1. The third-order valence-electron chi connectivity index (χ3n) is 18.7. The van der Waals surface area contributed by atoms with Crippen molar-refractivity contribution in [3.05, 3.63) is 107 Å². The molecule has 0 radical (unpaired) electrons. The number of benzene rings is 3. The Kier molecular flexibility index (Phi) is 35.0. The number of hydrogen-bond donors (Lipinski definition) is 19. The van der Waals surface area contributed by atoms with Crippen LogP contribution in [0.25, 0.3) is 21.8 Å². The first-order valence-corrected chi connectivity index (χ1v) is 40.2. The fourth-order valence-electron chi connectivity index (χ4n) is 12.5. The predicted molar refractivity (Wildman–Crippen MR) is 427 cm³/mol. The van der Waals surface area contributed by atoms with Crippen molar-refractivity contribution in [2.45, 2.75) is 218 Å². The highest BCUT2D eigenvalue weighted by Crippen LogP contribution is 2.27. The minimum atomic E-state index is -1.97. The lowest BCUT2D eigenvalue weighted by Gasteiger charge is -2.29. The molecule has 3 aromatic carbocycles. The molecule has 1 saturated heterocycles. The summed E-state index contributed by atoms with van der Waals surface area (Å²) in [4.78, 5) is 231. The van der Waals surface area contributed by atoms with Crippen LogP contribution in [0.4, 0.5) is 0 Å². The second kappa shape index (κ2) is 43.4. The predicted octanol–water partition coefficient (Wildman–Crippen LogP) is 0.896. The zero-order chi connectivity index (χ0) is 85.3. The summed E-state index contributed by atoms with van der Waals surface area (Å²) in [6, 6.07) is 1.29. The fraction of sp³-hybridized carbons (Fsp3) is 0.513. The Morgan fingerprint density at radius 1 is 0.539 bits per heavy atom. The largest absolute Gasteiger partial charge is 0.481 e. The maximum absolute atomic E-state index is 15.3.